The lowest BCUT2D eigenvalue weighted by atomic mass is 10.0. The highest BCUT2D eigenvalue weighted by Gasteiger charge is 2.49. The number of nitrogens with one attached hydrogen (secondary N) is 3. The van der Waals surface area contributed by atoms with E-state index >= 15 is 0 Å². The number of ether oxygens (including phenoxy) is 3. The number of nitrogens with zero attached hydrogens (tertiary/aromatic N) is 3. The molecule has 6 bridgehead atoms. The summed E-state index contributed by atoms with van der Waals surface area (Å²) >= 11 is 0. The van der Waals surface area contributed by atoms with E-state index in [1.54, 1.807) is 0 Å². The van der Waals surface area contributed by atoms with Crippen LogP contribution in [0.5, 0.6) is 0 Å². The van der Waals surface area contributed by atoms with Crippen LogP contribution < -0.4 is 16.0 Å². The average molecular weight is 631 g/mol. The van der Waals surface area contributed by atoms with E-state index in [9.17, 15) is 28.8 Å². The highest BCUT2D eigenvalue weighted by Crippen LogP contribution is 2.30. The minimum Gasteiger partial charge on any atom is -0.467 e. The maximum atomic E-state index is 13.5. The number of amides is 3. The van der Waals surface area contributed by atoms with Crippen molar-refractivity contribution in [3.8, 4) is 0 Å². The van der Waals surface area contributed by atoms with Gasteiger partial charge in [0.2, 0.25) is 34.3 Å². The first-order valence-corrected chi connectivity index (χ1v) is 13.1. The lowest BCUT2D eigenvalue weighted by Gasteiger charge is -2.25. The summed E-state index contributed by atoms with van der Waals surface area (Å²) in [4.78, 5) is 92.1. The molecule has 0 aromatic carbocycles. The van der Waals surface area contributed by atoms with Gasteiger partial charge in [0.05, 0.1) is 21.3 Å². The van der Waals surface area contributed by atoms with Gasteiger partial charge in [0.25, 0.3) is 17.7 Å². The third kappa shape index (κ3) is 5.17. The Morgan fingerprint density at radius 3 is 0.956 bits per heavy atom. The van der Waals surface area contributed by atoms with Crippen molar-refractivity contribution < 1.29 is 56.2 Å². The van der Waals surface area contributed by atoms with Crippen LogP contribution in [0.15, 0.2) is 13.3 Å². The number of aromatic nitrogens is 3. The van der Waals surface area contributed by atoms with E-state index in [2.05, 4.69) is 30.9 Å². The average Bonchev–Trinajstić information content (AvgIpc) is 3.71. The van der Waals surface area contributed by atoms with Gasteiger partial charge >= 0.3 is 17.9 Å². The summed E-state index contributed by atoms with van der Waals surface area (Å²) in [5.74, 6) is -7.91. The SMILES string of the molecule is COC(=O)[C@]1(C)NC(=O)c2nc(oc2C)[C@](C)(C(=O)OC)NC(=O)c2nc(oc2C)[C@](C)(C(=O)OC)NC(=O)c2nc1oc2C. The molecule has 0 spiro atoms. The minimum absolute atomic E-state index is 0.116. The Balaban J connectivity index is 2.02. The molecule has 3 aromatic rings. The lowest BCUT2D eigenvalue weighted by molar-refractivity contribution is -0.149. The largest absolute Gasteiger partial charge is 0.467 e. The van der Waals surface area contributed by atoms with Crippen LogP contribution in [-0.4, -0.2) is 71.9 Å². The Kier molecular flexibility index (Phi) is 8.04. The normalized spacial score (nSPS) is 23.5. The van der Waals surface area contributed by atoms with Gasteiger partial charge in [0.15, 0.2) is 17.1 Å². The summed E-state index contributed by atoms with van der Waals surface area (Å²) in [6.45, 7) is 7.65. The zero-order valence-electron chi connectivity index (χ0n) is 25.7. The number of fused-ring (bicyclic) bond motifs is 6. The van der Waals surface area contributed by atoms with E-state index in [1.165, 1.54) is 41.5 Å². The van der Waals surface area contributed by atoms with Crippen molar-refractivity contribution in [3.63, 3.8) is 0 Å². The monoisotopic (exact) mass is 630 g/mol. The summed E-state index contributed by atoms with van der Waals surface area (Å²) in [7, 11) is 3.15. The fourth-order valence-corrected chi connectivity index (χ4v) is 4.51. The van der Waals surface area contributed by atoms with E-state index in [1.807, 2.05) is 0 Å². The van der Waals surface area contributed by atoms with Gasteiger partial charge in [-0.1, -0.05) is 0 Å². The number of aryl methyl sites for hydroxylation is 3. The van der Waals surface area contributed by atoms with E-state index in [-0.39, 0.29) is 34.4 Å². The molecule has 3 atom stereocenters. The molecule has 3 amide bonds. The molecule has 18 nitrogen and oxygen atoms in total. The summed E-state index contributed by atoms with van der Waals surface area (Å²) < 4.78 is 31.6. The van der Waals surface area contributed by atoms with Crippen LogP contribution in [0.4, 0.5) is 0 Å². The topological polar surface area (TPSA) is 244 Å². The summed E-state index contributed by atoms with van der Waals surface area (Å²) in [6.07, 6.45) is 0. The Labute approximate surface area is 254 Å². The van der Waals surface area contributed by atoms with Crippen LogP contribution in [0.1, 0.15) is 87.2 Å². The number of carbonyl (C=O) groups excluding carboxylic acids is 6. The number of rotatable bonds is 3. The lowest BCUT2D eigenvalue weighted by Crippen LogP contribution is -2.52. The van der Waals surface area contributed by atoms with Crippen LogP contribution in [0.25, 0.3) is 0 Å². The first-order chi connectivity index (χ1) is 21.0. The number of oxazole rings is 3. The molecule has 0 aliphatic carbocycles. The standard InChI is InChI=1S/C27H30N6O12/c1-10-13-16(34)31-26(5,23(38)41-8)20-29-15(12(3)44-20)18(36)33-27(6,24(39)42-9)21-30-14(11(2)45-21)17(35)32-25(4,22(37)40-7)19(28-13)43-10/h1-9H3,(H,31,34)(H,32,35)(H,33,36)/t25-,26-,27-/m1/s1. The summed E-state index contributed by atoms with van der Waals surface area (Å²) in [6, 6.07) is 0. The third-order valence-corrected chi connectivity index (χ3v) is 7.19. The van der Waals surface area contributed by atoms with Crippen LogP contribution in [0, 0.1) is 20.8 Å². The fraction of sp³-hybridized carbons (Fsp3) is 0.444. The van der Waals surface area contributed by atoms with Crippen LogP contribution in [0.2, 0.25) is 0 Å². The van der Waals surface area contributed by atoms with Gasteiger partial charge in [0, 0.05) is 0 Å². The van der Waals surface area contributed by atoms with E-state index in [0.717, 1.165) is 21.3 Å². The zero-order valence-corrected chi connectivity index (χ0v) is 25.7. The van der Waals surface area contributed by atoms with Gasteiger partial charge < -0.3 is 43.4 Å². The van der Waals surface area contributed by atoms with Crippen molar-refractivity contribution >= 4 is 35.6 Å². The molecular weight excluding hydrogens is 600 g/mol. The quantitative estimate of drug-likeness (QED) is 0.261. The first kappa shape index (κ1) is 32.4. The Morgan fingerprint density at radius 1 is 0.533 bits per heavy atom. The maximum Gasteiger partial charge on any atom is 0.341 e. The second-order valence-electron chi connectivity index (χ2n) is 10.5. The highest BCUT2D eigenvalue weighted by atomic mass is 16.5. The molecule has 240 valence electrons. The smallest absolute Gasteiger partial charge is 0.341 e. The summed E-state index contributed by atoms with van der Waals surface area (Å²) in [5, 5.41) is 7.28. The predicted octanol–water partition coefficient (Wildman–Crippen LogP) is 0.344. The van der Waals surface area contributed by atoms with Crippen LogP contribution in [0.3, 0.4) is 0 Å². The number of esters is 3. The molecule has 1 aliphatic heterocycles. The minimum atomic E-state index is -2.15. The van der Waals surface area contributed by atoms with Gasteiger partial charge in [-0.25, -0.2) is 29.3 Å². The van der Waals surface area contributed by atoms with E-state index in [4.69, 9.17) is 27.5 Å². The van der Waals surface area contributed by atoms with Gasteiger partial charge in [-0.3, -0.25) is 14.4 Å². The van der Waals surface area contributed by atoms with Crippen LogP contribution in [-0.2, 0) is 45.2 Å². The van der Waals surface area contributed by atoms with Gasteiger partial charge in [-0.15, -0.1) is 0 Å². The molecule has 45 heavy (non-hydrogen) atoms. The molecule has 4 heterocycles. The Hall–Kier alpha value is -5.55. The summed E-state index contributed by atoms with van der Waals surface area (Å²) in [5.41, 5.74) is -7.60. The maximum absolute atomic E-state index is 13.5. The molecule has 3 aromatic heterocycles. The van der Waals surface area contributed by atoms with Crippen LogP contribution >= 0.6 is 0 Å². The molecule has 0 saturated heterocycles. The Bertz CT molecular complexity index is 1550. The van der Waals surface area contributed by atoms with Crippen molar-refractivity contribution in [2.24, 2.45) is 0 Å². The molecule has 0 saturated carbocycles. The van der Waals surface area contributed by atoms with Crippen molar-refractivity contribution in [3.05, 3.63) is 52.0 Å². The van der Waals surface area contributed by atoms with Gasteiger partial charge in [-0.2, -0.15) is 0 Å². The van der Waals surface area contributed by atoms with Gasteiger partial charge in [-0.05, 0) is 41.5 Å². The number of carbonyl (C=O) groups is 6. The van der Waals surface area contributed by atoms with Gasteiger partial charge in [0.1, 0.15) is 17.3 Å². The number of hydrogen-bond donors (Lipinski definition) is 3. The van der Waals surface area contributed by atoms with Crippen molar-refractivity contribution in [1.82, 2.24) is 30.9 Å². The molecule has 0 radical (unpaired) electrons. The fourth-order valence-electron chi connectivity index (χ4n) is 4.51. The van der Waals surface area contributed by atoms with Crippen molar-refractivity contribution in [1.29, 1.82) is 0 Å². The number of hydrogen-bond acceptors (Lipinski definition) is 15. The molecule has 3 N–H and O–H groups in total. The molecular formula is C27H30N6O12. The van der Waals surface area contributed by atoms with Crippen molar-refractivity contribution in [2.75, 3.05) is 21.3 Å². The first-order valence-electron chi connectivity index (χ1n) is 13.1. The molecule has 1 aliphatic rings. The second-order valence-corrected chi connectivity index (χ2v) is 10.5. The van der Waals surface area contributed by atoms with E-state index < -0.39 is 69.9 Å². The molecule has 18 heteroatoms. The number of methoxy groups -OCH3 is 3. The second kappa shape index (κ2) is 11.2. The predicted molar refractivity (Wildman–Crippen MR) is 144 cm³/mol. The molecule has 0 fully saturated rings. The zero-order chi connectivity index (χ0) is 33.6. The van der Waals surface area contributed by atoms with E-state index in [0.29, 0.717) is 0 Å². The Morgan fingerprint density at radius 2 is 0.756 bits per heavy atom. The van der Waals surface area contributed by atoms with Crippen molar-refractivity contribution in [2.45, 2.75) is 58.2 Å². The molecule has 0 unspecified atom stereocenters. The third-order valence-electron chi connectivity index (χ3n) is 7.19. The molecule has 4 rings (SSSR count). The highest BCUT2D eigenvalue weighted by molar-refractivity contribution is 6.00.